The van der Waals surface area contributed by atoms with Gasteiger partial charge < -0.3 is 4.57 Å². The molecule has 0 spiro atoms. The summed E-state index contributed by atoms with van der Waals surface area (Å²) in [7, 11) is 0. The van der Waals surface area contributed by atoms with Crippen molar-refractivity contribution in [2.24, 2.45) is 0 Å². The fourth-order valence-corrected chi connectivity index (χ4v) is 4.84. The molecule has 2 nitrogen and oxygen atoms in total. The Bertz CT molecular complexity index is 646. The van der Waals surface area contributed by atoms with Crippen molar-refractivity contribution >= 4 is 0 Å². The first-order valence-corrected chi connectivity index (χ1v) is 12.9. The van der Waals surface area contributed by atoms with Gasteiger partial charge in [0.15, 0.2) is 0 Å². The molecule has 168 valence electrons. The summed E-state index contributed by atoms with van der Waals surface area (Å²) in [6.45, 7) is 6.91. The van der Waals surface area contributed by atoms with Crippen molar-refractivity contribution in [2.45, 2.75) is 123 Å². The zero-order valence-electron chi connectivity index (χ0n) is 20.0. The Labute approximate surface area is 186 Å². The van der Waals surface area contributed by atoms with Gasteiger partial charge in [0.1, 0.15) is 0 Å². The van der Waals surface area contributed by atoms with E-state index in [1.54, 1.807) is 5.56 Å². The highest BCUT2D eigenvalue weighted by Crippen LogP contribution is 2.35. The number of hydrogen-bond acceptors (Lipinski definition) is 1. The van der Waals surface area contributed by atoms with Crippen LogP contribution in [0.3, 0.4) is 0 Å². The molecule has 2 heteroatoms. The fourth-order valence-electron chi connectivity index (χ4n) is 4.84. The van der Waals surface area contributed by atoms with E-state index in [-0.39, 0.29) is 0 Å². The second kappa shape index (κ2) is 15.3. The molecule has 2 aromatic rings. The van der Waals surface area contributed by atoms with Crippen LogP contribution in [0.4, 0.5) is 0 Å². The van der Waals surface area contributed by atoms with E-state index in [1.807, 2.05) is 12.5 Å². The number of imidazole rings is 1. The number of unbranched alkanes of at least 4 members (excludes halogenated alkanes) is 9. The molecule has 0 amide bonds. The minimum Gasteiger partial charge on any atom is -0.330 e. The van der Waals surface area contributed by atoms with Crippen LogP contribution in [0, 0.1) is 0 Å². The molecule has 2 rings (SSSR count). The Morgan fingerprint density at radius 2 is 1.33 bits per heavy atom. The van der Waals surface area contributed by atoms with E-state index in [1.165, 1.54) is 89.0 Å². The van der Waals surface area contributed by atoms with Crippen LogP contribution in [0.15, 0.2) is 43.0 Å². The summed E-state index contributed by atoms with van der Waals surface area (Å²) in [4.78, 5) is 4.31. The van der Waals surface area contributed by atoms with Gasteiger partial charge in [-0.3, -0.25) is 0 Å². The van der Waals surface area contributed by atoms with E-state index in [0.29, 0.717) is 12.0 Å². The monoisotopic (exact) mass is 410 g/mol. The zero-order chi connectivity index (χ0) is 21.4. The average molecular weight is 411 g/mol. The summed E-state index contributed by atoms with van der Waals surface area (Å²) in [6.07, 6.45) is 25.1. The lowest BCUT2D eigenvalue weighted by Gasteiger charge is -2.26. The normalized spacial score (nSPS) is 13.4. The van der Waals surface area contributed by atoms with Crippen LogP contribution in [0.2, 0.25) is 0 Å². The molecule has 1 aromatic heterocycles. The van der Waals surface area contributed by atoms with E-state index in [0.717, 1.165) is 6.42 Å². The summed E-state index contributed by atoms with van der Waals surface area (Å²) in [5, 5.41) is 0. The van der Waals surface area contributed by atoms with E-state index >= 15 is 0 Å². The molecule has 1 aromatic carbocycles. The third-order valence-electron chi connectivity index (χ3n) is 6.63. The van der Waals surface area contributed by atoms with Crippen LogP contribution in [-0.4, -0.2) is 9.55 Å². The molecule has 1 unspecified atom stereocenters. The van der Waals surface area contributed by atoms with Gasteiger partial charge in [0.2, 0.25) is 0 Å². The molecule has 2 atom stereocenters. The standard InChI is InChI=1S/C28H46N2/c1-4-7-9-10-11-12-13-14-15-19-25(18-8-5-2)26-20-16-17-21-27(26)28(6-3)30-23-22-29-24-30/h16-17,20-25,28H,4-15,18-19H2,1-3H3/t25-,28?/m0/s1. The first-order chi connectivity index (χ1) is 14.8. The van der Waals surface area contributed by atoms with E-state index in [4.69, 9.17) is 0 Å². The van der Waals surface area contributed by atoms with Gasteiger partial charge >= 0.3 is 0 Å². The maximum atomic E-state index is 4.31. The predicted molar refractivity (Wildman–Crippen MR) is 131 cm³/mol. The van der Waals surface area contributed by atoms with Crippen molar-refractivity contribution in [2.75, 3.05) is 0 Å². The number of aromatic nitrogens is 2. The summed E-state index contributed by atoms with van der Waals surface area (Å²) in [5.41, 5.74) is 3.10. The molecule has 0 N–H and O–H groups in total. The van der Waals surface area contributed by atoms with E-state index in [2.05, 4.69) is 60.8 Å². The number of nitrogens with zero attached hydrogens (tertiary/aromatic N) is 2. The summed E-state index contributed by atoms with van der Waals surface area (Å²) < 4.78 is 2.29. The van der Waals surface area contributed by atoms with Crippen molar-refractivity contribution in [3.05, 3.63) is 54.1 Å². The maximum absolute atomic E-state index is 4.31. The quantitative estimate of drug-likeness (QED) is 0.238. The lowest BCUT2D eigenvalue weighted by molar-refractivity contribution is 0.485. The Balaban J connectivity index is 1.94. The van der Waals surface area contributed by atoms with Crippen molar-refractivity contribution in [3.8, 4) is 0 Å². The van der Waals surface area contributed by atoms with Gasteiger partial charge in [0, 0.05) is 12.4 Å². The molecule has 0 fully saturated rings. The Hall–Kier alpha value is -1.57. The molecule has 0 saturated heterocycles. The van der Waals surface area contributed by atoms with Gasteiger partial charge in [-0.15, -0.1) is 0 Å². The van der Waals surface area contributed by atoms with Gasteiger partial charge in [-0.1, -0.05) is 116 Å². The van der Waals surface area contributed by atoms with Crippen LogP contribution < -0.4 is 0 Å². The second-order valence-electron chi connectivity index (χ2n) is 9.02. The van der Waals surface area contributed by atoms with Gasteiger partial charge in [-0.25, -0.2) is 4.98 Å². The number of rotatable bonds is 17. The van der Waals surface area contributed by atoms with Crippen LogP contribution in [-0.2, 0) is 0 Å². The molecule has 0 aliphatic carbocycles. The first kappa shape index (κ1) is 24.7. The predicted octanol–water partition coefficient (Wildman–Crippen LogP) is 9.08. The minimum atomic E-state index is 0.399. The molecule has 0 aliphatic heterocycles. The molecule has 0 radical (unpaired) electrons. The molecule has 0 saturated carbocycles. The van der Waals surface area contributed by atoms with Gasteiger partial charge in [0.25, 0.3) is 0 Å². The first-order valence-electron chi connectivity index (χ1n) is 12.9. The minimum absolute atomic E-state index is 0.399. The maximum Gasteiger partial charge on any atom is 0.0951 e. The molecule has 1 heterocycles. The third-order valence-corrected chi connectivity index (χ3v) is 6.63. The number of benzene rings is 1. The zero-order valence-corrected chi connectivity index (χ0v) is 20.0. The Morgan fingerprint density at radius 3 is 1.93 bits per heavy atom. The summed E-state index contributed by atoms with van der Waals surface area (Å²) in [6, 6.07) is 9.63. The fraction of sp³-hybridized carbons (Fsp3) is 0.679. The highest BCUT2D eigenvalue weighted by atomic mass is 15.0. The molecule has 30 heavy (non-hydrogen) atoms. The SMILES string of the molecule is CCCCCCCCCCC[C@H](CCCC)c1ccccc1C(CC)n1ccnc1. The topological polar surface area (TPSA) is 17.8 Å². The van der Waals surface area contributed by atoms with Crippen molar-refractivity contribution in [1.29, 1.82) is 0 Å². The average Bonchev–Trinajstić information content (AvgIpc) is 3.30. The largest absolute Gasteiger partial charge is 0.330 e. The van der Waals surface area contributed by atoms with Crippen molar-refractivity contribution in [1.82, 2.24) is 9.55 Å². The van der Waals surface area contributed by atoms with Crippen molar-refractivity contribution < 1.29 is 0 Å². The van der Waals surface area contributed by atoms with Crippen LogP contribution in [0.1, 0.15) is 134 Å². The molecule has 0 aliphatic rings. The lowest BCUT2D eigenvalue weighted by atomic mass is 9.83. The van der Waals surface area contributed by atoms with Gasteiger partial charge in [-0.05, 0) is 36.3 Å². The molecular weight excluding hydrogens is 364 g/mol. The Morgan fingerprint density at radius 1 is 0.733 bits per heavy atom. The van der Waals surface area contributed by atoms with Crippen LogP contribution in [0.5, 0.6) is 0 Å². The summed E-state index contributed by atoms with van der Waals surface area (Å²) >= 11 is 0. The number of hydrogen-bond donors (Lipinski definition) is 0. The van der Waals surface area contributed by atoms with E-state index < -0.39 is 0 Å². The highest BCUT2D eigenvalue weighted by molar-refractivity contribution is 5.33. The molecular formula is C28H46N2. The van der Waals surface area contributed by atoms with Crippen LogP contribution >= 0.6 is 0 Å². The second-order valence-corrected chi connectivity index (χ2v) is 9.02. The highest BCUT2D eigenvalue weighted by Gasteiger charge is 2.20. The Kier molecular flexibility index (Phi) is 12.6. The molecule has 0 bridgehead atoms. The van der Waals surface area contributed by atoms with Crippen LogP contribution in [0.25, 0.3) is 0 Å². The van der Waals surface area contributed by atoms with Crippen molar-refractivity contribution in [3.63, 3.8) is 0 Å². The summed E-state index contributed by atoms with van der Waals surface area (Å²) in [5.74, 6) is 0.697. The lowest BCUT2D eigenvalue weighted by Crippen LogP contribution is -2.13. The van der Waals surface area contributed by atoms with E-state index in [9.17, 15) is 0 Å². The third kappa shape index (κ3) is 8.28. The van der Waals surface area contributed by atoms with Gasteiger partial charge in [-0.2, -0.15) is 0 Å². The van der Waals surface area contributed by atoms with Gasteiger partial charge in [0.05, 0.1) is 12.4 Å². The smallest absolute Gasteiger partial charge is 0.0951 e.